The summed E-state index contributed by atoms with van der Waals surface area (Å²) in [4.78, 5) is 9.49. The molecule has 0 radical (unpaired) electrons. The molecule has 1 N–H and O–H groups in total. The quantitative estimate of drug-likeness (QED) is 0.860. The van der Waals surface area contributed by atoms with Gasteiger partial charge in [-0.15, -0.1) is 0 Å². The first-order chi connectivity index (χ1) is 9.60. The van der Waals surface area contributed by atoms with Gasteiger partial charge in [-0.25, -0.2) is 9.97 Å². The molecule has 1 heterocycles. The van der Waals surface area contributed by atoms with E-state index in [1.165, 1.54) is 5.56 Å². The van der Waals surface area contributed by atoms with Crippen molar-refractivity contribution in [1.29, 1.82) is 0 Å². The van der Waals surface area contributed by atoms with Crippen molar-refractivity contribution in [2.24, 2.45) is 11.3 Å². The summed E-state index contributed by atoms with van der Waals surface area (Å²) in [5, 5.41) is 3.53. The third-order valence-electron chi connectivity index (χ3n) is 3.56. The van der Waals surface area contributed by atoms with E-state index in [0.717, 1.165) is 36.7 Å². The molecule has 0 fully saturated rings. The van der Waals surface area contributed by atoms with Crippen LogP contribution in [0.1, 0.15) is 70.2 Å². The summed E-state index contributed by atoms with van der Waals surface area (Å²) >= 11 is 0. The van der Waals surface area contributed by atoms with Crippen LogP contribution in [0.5, 0.6) is 0 Å². The highest BCUT2D eigenvalue weighted by Gasteiger charge is 2.18. The van der Waals surface area contributed by atoms with Gasteiger partial charge in [-0.2, -0.15) is 0 Å². The Balaban J connectivity index is 2.84. The molecule has 1 atom stereocenters. The molecule has 0 aliphatic carbocycles. The molecular weight excluding hydrogens is 258 g/mol. The standard InChI is InChI=1S/C18H33N3/c1-12(2)10-19-11-13(3)17-14(4)20-16(21-15(17)5)9-18(6,7)8/h12-13,19H,9-11H2,1-8H3. The largest absolute Gasteiger partial charge is 0.316 e. The summed E-state index contributed by atoms with van der Waals surface area (Å²) in [7, 11) is 0. The van der Waals surface area contributed by atoms with E-state index >= 15 is 0 Å². The fourth-order valence-electron chi connectivity index (χ4n) is 2.75. The fourth-order valence-corrected chi connectivity index (χ4v) is 2.75. The molecule has 21 heavy (non-hydrogen) atoms. The molecule has 0 spiro atoms. The molecule has 0 bridgehead atoms. The van der Waals surface area contributed by atoms with Crippen molar-refractivity contribution < 1.29 is 0 Å². The summed E-state index contributed by atoms with van der Waals surface area (Å²) in [6, 6.07) is 0. The normalized spacial score (nSPS) is 13.8. The van der Waals surface area contributed by atoms with Crippen LogP contribution in [0, 0.1) is 25.2 Å². The van der Waals surface area contributed by atoms with Crippen molar-refractivity contribution in [2.45, 2.75) is 67.7 Å². The number of hydrogen-bond acceptors (Lipinski definition) is 3. The molecule has 0 aliphatic heterocycles. The van der Waals surface area contributed by atoms with Crippen molar-refractivity contribution in [1.82, 2.24) is 15.3 Å². The molecule has 0 amide bonds. The van der Waals surface area contributed by atoms with Gasteiger partial charge in [0.2, 0.25) is 0 Å². The van der Waals surface area contributed by atoms with Gasteiger partial charge >= 0.3 is 0 Å². The predicted molar refractivity (Wildman–Crippen MR) is 90.8 cm³/mol. The number of nitrogens with one attached hydrogen (secondary N) is 1. The van der Waals surface area contributed by atoms with Crippen LogP contribution in [0.4, 0.5) is 0 Å². The molecule has 1 unspecified atom stereocenters. The van der Waals surface area contributed by atoms with Crippen LogP contribution in [0.15, 0.2) is 0 Å². The maximum atomic E-state index is 4.74. The second-order valence-electron chi connectivity index (χ2n) is 7.91. The Labute approximate surface area is 131 Å². The van der Waals surface area contributed by atoms with E-state index in [1.54, 1.807) is 0 Å². The van der Waals surface area contributed by atoms with E-state index in [9.17, 15) is 0 Å². The second-order valence-corrected chi connectivity index (χ2v) is 7.91. The average molecular weight is 291 g/mol. The van der Waals surface area contributed by atoms with E-state index in [4.69, 9.17) is 9.97 Å². The van der Waals surface area contributed by atoms with Crippen molar-refractivity contribution in [3.05, 3.63) is 22.8 Å². The number of nitrogens with zero attached hydrogens (tertiary/aromatic N) is 2. The summed E-state index contributed by atoms with van der Waals surface area (Å²) in [6.45, 7) is 19.7. The topological polar surface area (TPSA) is 37.8 Å². The molecule has 120 valence electrons. The molecule has 0 aromatic carbocycles. The zero-order valence-corrected chi connectivity index (χ0v) is 15.2. The monoisotopic (exact) mass is 291 g/mol. The van der Waals surface area contributed by atoms with Crippen molar-refractivity contribution >= 4 is 0 Å². The summed E-state index contributed by atoms with van der Waals surface area (Å²) in [6.07, 6.45) is 0.926. The summed E-state index contributed by atoms with van der Waals surface area (Å²) < 4.78 is 0. The molecular formula is C18H33N3. The van der Waals surface area contributed by atoms with Crippen LogP contribution < -0.4 is 5.32 Å². The Kier molecular flexibility index (Phi) is 6.33. The van der Waals surface area contributed by atoms with Crippen LogP contribution in [-0.2, 0) is 6.42 Å². The van der Waals surface area contributed by atoms with Crippen LogP contribution in [0.25, 0.3) is 0 Å². The van der Waals surface area contributed by atoms with Crippen LogP contribution in [0.2, 0.25) is 0 Å². The van der Waals surface area contributed by atoms with E-state index < -0.39 is 0 Å². The number of aromatic nitrogens is 2. The maximum absolute atomic E-state index is 4.74. The van der Waals surface area contributed by atoms with Crippen LogP contribution in [-0.4, -0.2) is 23.1 Å². The zero-order valence-electron chi connectivity index (χ0n) is 15.2. The van der Waals surface area contributed by atoms with Crippen molar-refractivity contribution in [2.75, 3.05) is 13.1 Å². The predicted octanol–water partition coefficient (Wildman–Crippen LogP) is 4.03. The molecule has 0 saturated heterocycles. The Morgan fingerprint density at radius 1 is 0.952 bits per heavy atom. The minimum Gasteiger partial charge on any atom is -0.316 e. The lowest BCUT2D eigenvalue weighted by Gasteiger charge is -2.21. The first kappa shape index (κ1) is 18.1. The molecule has 0 saturated carbocycles. The highest BCUT2D eigenvalue weighted by molar-refractivity contribution is 5.28. The lowest BCUT2D eigenvalue weighted by molar-refractivity contribution is 0.399. The van der Waals surface area contributed by atoms with Gasteiger partial charge in [0, 0.05) is 24.4 Å². The molecule has 1 rings (SSSR count). The number of rotatable bonds is 6. The van der Waals surface area contributed by atoms with Crippen LogP contribution >= 0.6 is 0 Å². The minimum absolute atomic E-state index is 0.227. The highest BCUT2D eigenvalue weighted by atomic mass is 14.9. The van der Waals surface area contributed by atoms with Gasteiger partial charge < -0.3 is 5.32 Å². The Hall–Kier alpha value is -0.960. The third kappa shape index (κ3) is 6.13. The molecule has 3 heteroatoms. The van der Waals surface area contributed by atoms with Gasteiger partial charge in [0.1, 0.15) is 5.82 Å². The smallest absolute Gasteiger partial charge is 0.129 e. The first-order valence-electron chi connectivity index (χ1n) is 8.15. The van der Waals surface area contributed by atoms with E-state index in [0.29, 0.717) is 11.8 Å². The van der Waals surface area contributed by atoms with Gasteiger partial charge in [-0.1, -0.05) is 41.5 Å². The maximum Gasteiger partial charge on any atom is 0.129 e. The number of hydrogen-bond donors (Lipinski definition) is 1. The molecule has 3 nitrogen and oxygen atoms in total. The lowest BCUT2D eigenvalue weighted by Crippen LogP contribution is -2.25. The van der Waals surface area contributed by atoms with E-state index in [2.05, 4.69) is 60.7 Å². The van der Waals surface area contributed by atoms with Crippen molar-refractivity contribution in [3.8, 4) is 0 Å². The molecule has 0 aliphatic rings. The second kappa shape index (κ2) is 7.35. The van der Waals surface area contributed by atoms with Gasteiger partial charge in [0.15, 0.2) is 0 Å². The Morgan fingerprint density at radius 3 is 1.90 bits per heavy atom. The first-order valence-corrected chi connectivity index (χ1v) is 8.15. The van der Waals surface area contributed by atoms with Crippen LogP contribution in [0.3, 0.4) is 0 Å². The van der Waals surface area contributed by atoms with E-state index in [1.807, 2.05) is 0 Å². The van der Waals surface area contributed by atoms with E-state index in [-0.39, 0.29) is 5.41 Å². The Morgan fingerprint density at radius 2 is 1.48 bits per heavy atom. The van der Waals surface area contributed by atoms with Gasteiger partial charge in [-0.3, -0.25) is 0 Å². The molecule has 1 aromatic rings. The number of aryl methyl sites for hydroxylation is 2. The lowest BCUT2D eigenvalue weighted by atomic mass is 9.91. The van der Waals surface area contributed by atoms with Crippen molar-refractivity contribution in [3.63, 3.8) is 0 Å². The average Bonchev–Trinajstić information content (AvgIpc) is 2.24. The Bertz CT molecular complexity index is 435. The highest BCUT2D eigenvalue weighted by Crippen LogP contribution is 2.24. The fraction of sp³-hybridized carbons (Fsp3) is 0.778. The summed E-state index contributed by atoms with van der Waals surface area (Å²) in [5.41, 5.74) is 3.82. The third-order valence-corrected chi connectivity index (χ3v) is 3.56. The van der Waals surface area contributed by atoms with Gasteiger partial charge in [-0.05, 0) is 43.2 Å². The molecule has 1 aromatic heterocycles. The van der Waals surface area contributed by atoms with Gasteiger partial charge in [0.25, 0.3) is 0 Å². The summed E-state index contributed by atoms with van der Waals surface area (Å²) in [5.74, 6) is 2.11. The minimum atomic E-state index is 0.227. The zero-order chi connectivity index (χ0) is 16.2. The SMILES string of the molecule is Cc1nc(CC(C)(C)C)nc(C)c1C(C)CNCC(C)C. The van der Waals surface area contributed by atoms with Gasteiger partial charge in [0.05, 0.1) is 0 Å².